The summed E-state index contributed by atoms with van der Waals surface area (Å²) in [6, 6.07) is 13.0. The molecule has 0 aromatic heterocycles. The predicted octanol–water partition coefficient (Wildman–Crippen LogP) is 5.85. The van der Waals surface area contributed by atoms with Crippen LogP contribution in [0, 0.1) is 0 Å². The molecule has 6 heteroatoms. The van der Waals surface area contributed by atoms with Crippen LogP contribution in [-0.4, -0.2) is 12.3 Å². The molecular formula is C20H21F3O3. The normalized spacial score (nSPS) is 12.7. The van der Waals surface area contributed by atoms with Gasteiger partial charge in [-0.3, -0.25) is 4.74 Å². The number of carbonyl (C=O) groups excluding carboxylic acids is 1. The zero-order chi connectivity index (χ0) is 19.2. The first kappa shape index (κ1) is 20.0. The summed E-state index contributed by atoms with van der Waals surface area (Å²) in [7, 11) is 0. The lowest BCUT2D eigenvalue weighted by Gasteiger charge is -2.18. The van der Waals surface area contributed by atoms with Gasteiger partial charge >= 0.3 is 12.3 Å². The van der Waals surface area contributed by atoms with Crippen molar-refractivity contribution in [2.75, 3.05) is 0 Å². The highest BCUT2D eigenvalue weighted by Crippen LogP contribution is 2.30. The average Bonchev–Trinajstić information content (AvgIpc) is 2.61. The van der Waals surface area contributed by atoms with E-state index in [0.29, 0.717) is 11.3 Å². The molecule has 3 nitrogen and oxygen atoms in total. The number of rotatable bonds is 7. The van der Waals surface area contributed by atoms with Gasteiger partial charge in [-0.2, -0.15) is 0 Å². The first-order valence-electron chi connectivity index (χ1n) is 8.48. The smallest absolute Gasteiger partial charge is 0.423 e. The Kier molecular flexibility index (Phi) is 6.80. The molecule has 1 atom stereocenters. The van der Waals surface area contributed by atoms with E-state index in [4.69, 9.17) is 4.74 Å². The van der Waals surface area contributed by atoms with Crippen molar-refractivity contribution in [1.82, 2.24) is 0 Å². The highest BCUT2D eigenvalue weighted by molar-refractivity contribution is 5.91. The molecule has 2 rings (SSSR count). The van der Waals surface area contributed by atoms with Gasteiger partial charge in [0.15, 0.2) is 0 Å². The van der Waals surface area contributed by atoms with Crippen molar-refractivity contribution in [3.8, 4) is 5.75 Å². The summed E-state index contributed by atoms with van der Waals surface area (Å²) in [5, 5.41) is 0. The van der Waals surface area contributed by atoms with Crippen molar-refractivity contribution in [3.63, 3.8) is 0 Å². The fourth-order valence-electron chi connectivity index (χ4n) is 2.56. The summed E-state index contributed by atoms with van der Waals surface area (Å²) in [6.45, 7) is 3.68. The first-order valence-corrected chi connectivity index (χ1v) is 8.48. The molecule has 1 unspecified atom stereocenters. The van der Waals surface area contributed by atoms with Gasteiger partial charge in [0, 0.05) is 0 Å². The Hall–Kier alpha value is -2.34. The van der Waals surface area contributed by atoms with E-state index >= 15 is 0 Å². The summed E-state index contributed by atoms with van der Waals surface area (Å²) in [5.74, 6) is -0.143. The fraction of sp³-hybridized carbons (Fsp3) is 0.350. The predicted molar refractivity (Wildman–Crippen MR) is 92.0 cm³/mol. The maximum Gasteiger partial charge on any atom is 0.523 e. The molecule has 0 N–H and O–H groups in total. The van der Waals surface area contributed by atoms with E-state index in [9.17, 15) is 18.0 Å². The molecule has 0 spiro atoms. The van der Waals surface area contributed by atoms with Gasteiger partial charge in [0.05, 0.1) is 11.7 Å². The lowest BCUT2D eigenvalue weighted by atomic mass is 10.1. The third-order valence-corrected chi connectivity index (χ3v) is 3.84. The Bertz CT molecular complexity index is 707. The van der Waals surface area contributed by atoms with Crippen LogP contribution >= 0.6 is 0 Å². The molecule has 0 heterocycles. The van der Waals surface area contributed by atoms with E-state index in [1.807, 2.05) is 12.1 Å². The van der Waals surface area contributed by atoms with E-state index in [2.05, 4.69) is 11.7 Å². The molecule has 0 saturated carbocycles. The van der Waals surface area contributed by atoms with Crippen molar-refractivity contribution in [1.29, 1.82) is 0 Å². The van der Waals surface area contributed by atoms with Crippen LogP contribution in [0.2, 0.25) is 0 Å². The average molecular weight is 366 g/mol. The maximum absolute atomic E-state index is 12.4. The Morgan fingerprint density at radius 3 is 2.12 bits per heavy atom. The van der Waals surface area contributed by atoms with E-state index in [1.165, 1.54) is 24.3 Å². The number of hydrogen-bond acceptors (Lipinski definition) is 3. The molecule has 0 radical (unpaired) electrons. The molecule has 2 aromatic carbocycles. The molecule has 0 aliphatic rings. The Morgan fingerprint density at radius 2 is 1.62 bits per heavy atom. The van der Waals surface area contributed by atoms with Crippen LogP contribution < -0.4 is 4.74 Å². The second-order valence-corrected chi connectivity index (χ2v) is 5.87. The summed E-state index contributed by atoms with van der Waals surface area (Å²) in [5.41, 5.74) is 1.77. The maximum atomic E-state index is 12.4. The first-order chi connectivity index (χ1) is 12.3. The van der Waals surface area contributed by atoms with Crippen LogP contribution in [0.4, 0.5) is 13.2 Å². The van der Waals surface area contributed by atoms with E-state index in [0.717, 1.165) is 18.4 Å². The van der Waals surface area contributed by atoms with Gasteiger partial charge in [-0.25, -0.2) is 4.79 Å². The summed E-state index contributed by atoms with van der Waals surface area (Å²) < 4.78 is 46.6. The molecule has 26 heavy (non-hydrogen) atoms. The molecule has 0 saturated heterocycles. The number of alkyl halides is 3. The van der Waals surface area contributed by atoms with Crippen molar-refractivity contribution < 1.29 is 27.4 Å². The van der Waals surface area contributed by atoms with Gasteiger partial charge in [0.25, 0.3) is 0 Å². The molecule has 0 fully saturated rings. The summed E-state index contributed by atoms with van der Waals surface area (Å²) >= 11 is 0. The number of benzene rings is 2. The van der Waals surface area contributed by atoms with Crippen LogP contribution in [0.15, 0.2) is 48.5 Å². The molecule has 140 valence electrons. The zero-order valence-corrected chi connectivity index (χ0v) is 14.7. The van der Waals surface area contributed by atoms with Crippen LogP contribution in [0.1, 0.15) is 54.3 Å². The second-order valence-electron chi connectivity index (χ2n) is 5.87. The molecule has 0 aliphatic carbocycles. The van der Waals surface area contributed by atoms with Crippen molar-refractivity contribution >= 4 is 5.97 Å². The topological polar surface area (TPSA) is 35.5 Å². The number of hydrogen-bond donors (Lipinski definition) is 0. The third kappa shape index (κ3) is 5.88. The second kappa shape index (κ2) is 8.85. The molecular weight excluding hydrogens is 345 g/mol. The van der Waals surface area contributed by atoms with Crippen LogP contribution in [-0.2, 0) is 11.2 Å². The van der Waals surface area contributed by atoms with Crippen LogP contribution in [0.3, 0.4) is 0 Å². The molecule has 0 bridgehead atoms. The van der Waals surface area contributed by atoms with Gasteiger partial charge < -0.3 is 4.74 Å². The number of carbonyl (C=O) groups is 1. The minimum atomic E-state index is -4.71. The van der Waals surface area contributed by atoms with Crippen LogP contribution in [0.25, 0.3) is 0 Å². The summed E-state index contributed by atoms with van der Waals surface area (Å²) in [6.07, 6.45) is -3.67. The highest BCUT2D eigenvalue weighted by atomic mass is 19.4. The number of halogens is 3. The Balaban J connectivity index is 2.03. The molecule has 0 amide bonds. The third-order valence-electron chi connectivity index (χ3n) is 3.84. The minimum Gasteiger partial charge on any atom is -0.423 e. The number of ether oxygens (including phenoxy) is 2. The zero-order valence-electron chi connectivity index (χ0n) is 14.7. The lowest BCUT2D eigenvalue weighted by Crippen LogP contribution is -2.18. The van der Waals surface area contributed by atoms with Crippen molar-refractivity contribution in [3.05, 3.63) is 65.2 Å². The van der Waals surface area contributed by atoms with Gasteiger partial charge in [-0.15, -0.1) is 13.2 Å². The summed E-state index contributed by atoms with van der Waals surface area (Å²) in [4.78, 5) is 12.2. The van der Waals surface area contributed by atoms with Crippen LogP contribution in [0.5, 0.6) is 5.75 Å². The van der Waals surface area contributed by atoms with Crippen molar-refractivity contribution in [2.45, 2.75) is 45.6 Å². The molecule has 0 aliphatic heterocycles. The largest absolute Gasteiger partial charge is 0.523 e. The van der Waals surface area contributed by atoms with Gasteiger partial charge in [0.2, 0.25) is 0 Å². The van der Waals surface area contributed by atoms with E-state index in [1.54, 1.807) is 19.1 Å². The van der Waals surface area contributed by atoms with Gasteiger partial charge in [-0.1, -0.05) is 44.5 Å². The number of esters is 1. The SMILES string of the molecule is CCCc1ccc(OC(=O)c2ccc(C(CC)OC(F)(F)F)cc2)cc1. The van der Waals surface area contributed by atoms with E-state index in [-0.39, 0.29) is 12.0 Å². The highest BCUT2D eigenvalue weighted by Gasteiger charge is 2.33. The molecule has 2 aromatic rings. The monoisotopic (exact) mass is 366 g/mol. The quantitative estimate of drug-likeness (QED) is 0.456. The Labute approximate surface area is 150 Å². The van der Waals surface area contributed by atoms with Gasteiger partial charge in [-0.05, 0) is 48.2 Å². The fourth-order valence-corrected chi connectivity index (χ4v) is 2.56. The van der Waals surface area contributed by atoms with E-state index < -0.39 is 18.4 Å². The lowest BCUT2D eigenvalue weighted by molar-refractivity contribution is -0.345. The standard InChI is InChI=1S/C20H21F3O3/c1-3-5-14-6-12-17(13-7-14)25-19(24)16-10-8-15(9-11-16)18(4-2)26-20(21,22)23/h6-13,18H,3-5H2,1-2H3. The van der Waals surface area contributed by atoms with Gasteiger partial charge in [0.1, 0.15) is 5.75 Å². The number of aryl methyl sites for hydroxylation is 1. The van der Waals surface area contributed by atoms with Crippen molar-refractivity contribution in [2.24, 2.45) is 0 Å². The Morgan fingerprint density at radius 1 is 1.00 bits per heavy atom. The minimum absolute atomic E-state index is 0.160.